The maximum absolute atomic E-state index is 13.4. The van der Waals surface area contributed by atoms with Crippen molar-refractivity contribution in [3.8, 4) is 0 Å². The van der Waals surface area contributed by atoms with E-state index >= 15 is 0 Å². The Morgan fingerprint density at radius 2 is 1.46 bits per heavy atom. The molecule has 1 heterocycles. The lowest BCUT2D eigenvalue weighted by Crippen LogP contribution is -2.44. The molecule has 11 heteroatoms. The molecule has 202 valence electrons. The van der Waals surface area contributed by atoms with Crippen LogP contribution in [0, 0.1) is 5.92 Å². The van der Waals surface area contributed by atoms with Crippen molar-refractivity contribution in [3.63, 3.8) is 0 Å². The van der Waals surface area contributed by atoms with Crippen LogP contribution >= 0.6 is 11.6 Å². The second-order valence-corrected chi connectivity index (χ2v) is 13.8. The summed E-state index contributed by atoms with van der Waals surface area (Å²) in [5.74, 6) is -0.179. The fourth-order valence-corrected chi connectivity index (χ4v) is 7.93. The first-order valence-corrected chi connectivity index (χ1v) is 16.0. The van der Waals surface area contributed by atoms with Crippen LogP contribution in [-0.2, 0) is 31.4 Å². The summed E-state index contributed by atoms with van der Waals surface area (Å²) in [6.45, 7) is 5.13. The van der Waals surface area contributed by atoms with Gasteiger partial charge in [0.25, 0.3) is 0 Å². The van der Waals surface area contributed by atoms with Crippen molar-refractivity contribution in [3.05, 3.63) is 59.1 Å². The minimum Gasteiger partial charge on any atom is -0.335 e. The van der Waals surface area contributed by atoms with Crippen molar-refractivity contribution in [2.45, 2.75) is 61.9 Å². The molecule has 0 N–H and O–H groups in total. The summed E-state index contributed by atoms with van der Waals surface area (Å²) in [6, 6.07) is 13.1. The highest BCUT2D eigenvalue weighted by atomic mass is 35.5. The van der Waals surface area contributed by atoms with E-state index in [-0.39, 0.29) is 40.7 Å². The first kappa shape index (κ1) is 28.0. The zero-order valence-corrected chi connectivity index (χ0v) is 23.6. The number of carbonyl (C=O) groups is 1. The van der Waals surface area contributed by atoms with Gasteiger partial charge in [-0.15, -0.1) is 0 Å². The lowest BCUT2D eigenvalue weighted by atomic mass is 9.96. The van der Waals surface area contributed by atoms with Gasteiger partial charge in [-0.1, -0.05) is 43.6 Å². The molecule has 0 bridgehead atoms. The number of amides is 1. The third kappa shape index (κ3) is 6.04. The Hall–Kier alpha value is -1.98. The van der Waals surface area contributed by atoms with Gasteiger partial charge in [-0.3, -0.25) is 4.79 Å². The summed E-state index contributed by atoms with van der Waals surface area (Å²) < 4.78 is 54.7. The Morgan fingerprint density at radius 1 is 0.892 bits per heavy atom. The number of hydrogen-bond acceptors (Lipinski definition) is 5. The molecule has 2 fully saturated rings. The third-order valence-electron chi connectivity index (χ3n) is 7.18. The van der Waals surface area contributed by atoms with Gasteiger partial charge in [-0.05, 0) is 61.6 Å². The van der Waals surface area contributed by atoms with Gasteiger partial charge in [0.1, 0.15) is 0 Å². The largest absolute Gasteiger partial charge is 0.335 e. The average Bonchev–Trinajstić information content (AvgIpc) is 3.74. The molecule has 37 heavy (non-hydrogen) atoms. The predicted molar refractivity (Wildman–Crippen MR) is 143 cm³/mol. The van der Waals surface area contributed by atoms with Crippen molar-refractivity contribution < 1.29 is 21.6 Å². The van der Waals surface area contributed by atoms with E-state index in [1.54, 1.807) is 13.8 Å². The lowest BCUT2D eigenvalue weighted by Gasteiger charge is -2.34. The number of carbonyl (C=O) groups excluding carboxylic acids is 1. The topological polar surface area (TPSA) is 95.1 Å². The summed E-state index contributed by atoms with van der Waals surface area (Å²) in [4.78, 5) is 15.4. The molecule has 0 radical (unpaired) electrons. The summed E-state index contributed by atoms with van der Waals surface area (Å²) in [5.41, 5.74) is 0.913. The van der Waals surface area contributed by atoms with Gasteiger partial charge in [0.15, 0.2) is 0 Å². The van der Waals surface area contributed by atoms with E-state index in [2.05, 4.69) is 0 Å². The van der Waals surface area contributed by atoms with Gasteiger partial charge < -0.3 is 4.90 Å². The van der Waals surface area contributed by atoms with Gasteiger partial charge >= 0.3 is 0 Å². The minimum atomic E-state index is -3.80. The van der Waals surface area contributed by atoms with Gasteiger partial charge in [-0.2, -0.15) is 8.61 Å². The second-order valence-electron chi connectivity index (χ2n) is 9.53. The number of rotatable bonds is 10. The highest BCUT2D eigenvalue weighted by Crippen LogP contribution is 2.34. The molecule has 1 saturated carbocycles. The maximum Gasteiger partial charge on any atom is 0.243 e. The van der Waals surface area contributed by atoms with Crippen LogP contribution in [0.3, 0.4) is 0 Å². The molecule has 1 aliphatic heterocycles. The van der Waals surface area contributed by atoms with Crippen LogP contribution in [-0.4, -0.2) is 68.5 Å². The van der Waals surface area contributed by atoms with Crippen LogP contribution in [0.15, 0.2) is 58.3 Å². The average molecular weight is 568 g/mol. The van der Waals surface area contributed by atoms with E-state index in [1.165, 1.54) is 32.9 Å². The van der Waals surface area contributed by atoms with E-state index in [1.807, 2.05) is 29.2 Å². The molecule has 0 unspecified atom stereocenters. The van der Waals surface area contributed by atoms with E-state index in [0.29, 0.717) is 37.5 Å². The fraction of sp³-hybridized carbons (Fsp3) is 0.500. The molecule has 2 aromatic rings. The van der Waals surface area contributed by atoms with E-state index in [9.17, 15) is 21.6 Å². The molecule has 2 aliphatic rings. The molecule has 0 atom stereocenters. The Balaban J connectivity index is 1.41. The fourth-order valence-electron chi connectivity index (χ4n) is 4.81. The SMILES string of the molecule is CCN(CC)S(=O)(=O)c1ccc(S(=O)(=O)N2CCC(C(=O)N(Cc3ccccc3Cl)C3CC3)CC2)cc1. The zero-order valence-electron chi connectivity index (χ0n) is 21.2. The van der Waals surface area contributed by atoms with Crippen LogP contribution in [0.1, 0.15) is 45.1 Å². The molecule has 4 rings (SSSR count). The number of sulfonamides is 2. The summed E-state index contributed by atoms with van der Waals surface area (Å²) in [7, 11) is -7.47. The highest BCUT2D eigenvalue weighted by molar-refractivity contribution is 7.89. The number of halogens is 1. The van der Waals surface area contributed by atoms with E-state index < -0.39 is 20.0 Å². The molecule has 0 spiro atoms. The molecule has 8 nitrogen and oxygen atoms in total. The van der Waals surface area contributed by atoms with Crippen LogP contribution in [0.2, 0.25) is 5.02 Å². The first-order chi connectivity index (χ1) is 17.6. The second kappa shape index (κ2) is 11.4. The summed E-state index contributed by atoms with van der Waals surface area (Å²) >= 11 is 6.33. The molecule has 1 aliphatic carbocycles. The quantitative estimate of drug-likeness (QED) is 0.433. The van der Waals surface area contributed by atoms with Crippen molar-refractivity contribution in [1.82, 2.24) is 13.5 Å². The van der Waals surface area contributed by atoms with Crippen molar-refractivity contribution in [2.75, 3.05) is 26.2 Å². The van der Waals surface area contributed by atoms with Gasteiger partial charge in [0.2, 0.25) is 26.0 Å². The standard InChI is InChI=1S/C26H34ClN3O5S2/c1-3-28(4-2)36(32,33)23-11-13-24(14-12-23)37(34,35)29-17-15-20(16-18-29)26(31)30(22-9-10-22)19-21-7-5-6-8-25(21)27/h5-8,11-14,20,22H,3-4,9-10,15-19H2,1-2H3. The van der Waals surface area contributed by atoms with E-state index in [0.717, 1.165) is 18.4 Å². The zero-order chi connectivity index (χ0) is 26.8. The van der Waals surface area contributed by atoms with Crippen LogP contribution in [0.4, 0.5) is 0 Å². The predicted octanol–water partition coefficient (Wildman–Crippen LogP) is 3.96. The van der Waals surface area contributed by atoms with Crippen LogP contribution in [0.25, 0.3) is 0 Å². The van der Waals surface area contributed by atoms with Gasteiger partial charge in [-0.25, -0.2) is 16.8 Å². The van der Waals surface area contributed by atoms with Gasteiger partial charge in [0.05, 0.1) is 9.79 Å². The number of hydrogen-bond donors (Lipinski definition) is 0. The Kier molecular flexibility index (Phi) is 8.65. The smallest absolute Gasteiger partial charge is 0.243 e. The van der Waals surface area contributed by atoms with E-state index in [4.69, 9.17) is 11.6 Å². The van der Waals surface area contributed by atoms with Crippen LogP contribution in [0.5, 0.6) is 0 Å². The molecule has 1 saturated heterocycles. The van der Waals surface area contributed by atoms with Crippen LogP contribution < -0.4 is 0 Å². The normalized spacial score (nSPS) is 17.7. The number of benzene rings is 2. The Bertz CT molecular complexity index is 1320. The lowest BCUT2D eigenvalue weighted by molar-refractivity contribution is -0.138. The molecular formula is C26H34ClN3O5S2. The highest BCUT2D eigenvalue weighted by Gasteiger charge is 2.39. The van der Waals surface area contributed by atoms with Gasteiger partial charge in [0, 0.05) is 49.7 Å². The maximum atomic E-state index is 13.4. The third-order valence-corrected chi connectivity index (χ3v) is 11.5. The molecule has 2 aromatic carbocycles. The molecule has 0 aromatic heterocycles. The monoisotopic (exact) mass is 567 g/mol. The first-order valence-electron chi connectivity index (χ1n) is 12.7. The molecular weight excluding hydrogens is 534 g/mol. The number of nitrogens with zero attached hydrogens (tertiary/aromatic N) is 3. The molecule has 1 amide bonds. The number of piperidine rings is 1. The van der Waals surface area contributed by atoms with Crippen molar-refractivity contribution in [2.24, 2.45) is 5.92 Å². The van der Waals surface area contributed by atoms with Crippen molar-refractivity contribution in [1.29, 1.82) is 0 Å². The summed E-state index contributed by atoms with van der Waals surface area (Å²) in [5, 5.41) is 0.637. The summed E-state index contributed by atoms with van der Waals surface area (Å²) in [6.07, 6.45) is 2.84. The Morgan fingerprint density at radius 3 is 2.00 bits per heavy atom. The Labute approximate surface area is 225 Å². The van der Waals surface area contributed by atoms with Crippen molar-refractivity contribution >= 4 is 37.6 Å². The minimum absolute atomic E-state index is 0.0501.